The van der Waals surface area contributed by atoms with Gasteiger partial charge in [0.1, 0.15) is 0 Å². The fourth-order valence-corrected chi connectivity index (χ4v) is 3.47. The van der Waals surface area contributed by atoms with Crippen molar-refractivity contribution >= 4 is 5.96 Å². The summed E-state index contributed by atoms with van der Waals surface area (Å²) in [6.07, 6.45) is 5.59. The van der Waals surface area contributed by atoms with Crippen LogP contribution in [0.4, 0.5) is 0 Å². The molecule has 1 fully saturated rings. The van der Waals surface area contributed by atoms with E-state index in [2.05, 4.69) is 47.5 Å². The zero-order chi connectivity index (χ0) is 19.4. The summed E-state index contributed by atoms with van der Waals surface area (Å²) in [5, 5.41) is 16.2. The van der Waals surface area contributed by atoms with Crippen molar-refractivity contribution in [2.45, 2.75) is 32.7 Å². The smallest absolute Gasteiger partial charge is 0.191 e. The highest BCUT2D eigenvalue weighted by atomic mass is 16.5. The molecule has 1 saturated heterocycles. The molecule has 0 aromatic carbocycles. The minimum absolute atomic E-state index is 0.00152. The predicted octanol–water partition coefficient (Wildman–Crippen LogP) is 1.64. The summed E-state index contributed by atoms with van der Waals surface area (Å²) in [6.45, 7) is 17.1. The van der Waals surface area contributed by atoms with Crippen molar-refractivity contribution in [3.05, 3.63) is 25.3 Å². The third-order valence-electron chi connectivity index (χ3n) is 5.13. The number of aliphatic hydroxyl groups excluding tert-OH is 1. The lowest BCUT2D eigenvalue weighted by molar-refractivity contribution is 0.127. The standard InChI is InChI=1S/C20H38N4O2/c1-6-10-24(11-7-2)18(17(3)4)14-22-19(21-5)23-15-20(8-12-25)9-13-26-16-20/h6-7,17-18,25H,1-2,8-16H2,3-5H3,(H2,21,22,23). The Morgan fingerprint density at radius 1 is 1.31 bits per heavy atom. The molecule has 6 nitrogen and oxygen atoms in total. The van der Waals surface area contributed by atoms with E-state index in [-0.39, 0.29) is 12.0 Å². The summed E-state index contributed by atoms with van der Waals surface area (Å²) >= 11 is 0. The first kappa shape index (κ1) is 22.7. The monoisotopic (exact) mass is 366 g/mol. The maximum Gasteiger partial charge on any atom is 0.191 e. The summed E-state index contributed by atoms with van der Waals surface area (Å²) in [5.41, 5.74) is 0.00152. The van der Waals surface area contributed by atoms with Crippen molar-refractivity contribution in [3.8, 4) is 0 Å². The average molecular weight is 367 g/mol. The molecule has 1 heterocycles. The third kappa shape index (κ3) is 7.09. The molecule has 0 aromatic rings. The van der Waals surface area contributed by atoms with Gasteiger partial charge in [0.2, 0.25) is 0 Å². The van der Waals surface area contributed by atoms with Crippen LogP contribution in [-0.4, -0.2) is 75.1 Å². The number of hydrogen-bond donors (Lipinski definition) is 3. The number of ether oxygens (including phenoxy) is 1. The molecule has 0 amide bonds. The van der Waals surface area contributed by atoms with Gasteiger partial charge in [-0.2, -0.15) is 0 Å². The summed E-state index contributed by atoms with van der Waals surface area (Å²) in [7, 11) is 1.79. The van der Waals surface area contributed by atoms with Gasteiger partial charge in [0.15, 0.2) is 5.96 Å². The lowest BCUT2D eigenvalue weighted by atomic mass is 9.84. The molecule has 0 spiro atoms. The molecule has 0 bridgehead atoms. The van der Waals surface area contributed by atoms with Crippen molar-refractivity contribution in [1.29, 1.82) is 0 Å². The topological polar surface area (TPSA) is 69.1 Å². The first-order valence-electron chi connectivity index (χ1n) is 9.61. The number of guanidine groups is 1. The first-order valence-corrected chi connectivity index (χ1v) is 9.61. The van der Waals surface area contributed by atoms with E-state index in [1.165, 1.54) is 0 Å². The maximum atomic E-state index is 9.36. The molecule has 6 heteroatoms. The van der Waals surface area contributed by atoms with Gasteiger partial charge in [-0.15, -0.1) is 13.2 Å². The molecule has 1 rings (SSSR count). The van der Waals surface area contributed by atoms with Gasteiger partial charge in [-0.05, 0) is 18.8 Å². The second-order valence-electron chi connectivity index (χ2n) is 7.43. The average Bonchev–Trinajstić information content (AvgIpc) is 3.07. The van der Waals surface area contributed by atoms with Crippen molar-refractivity contribution < 1.29 is 9.84 Å². The third-order valence-corrected chi connectivity index (χ3v) is 5.13. The zero-order valence-corrected chi connectivity index (χ0v) is 16.8. The molecule has 0 saturated carbocycles. The normalized spacial score (nSPS) is 21.8. The van der Waals surface area contributed by atoms with Crippen LogP contribution in [0.3, 0.4) is 0 Å². The Hall–Kier alpha value is -1.37. The Morgan fingerprint density at radius 2 is 2.00 bits per heavy atom. The second-order valence-corrected chi connectivity index (χ2v) is 7.43. The highest BCUT2D eigenvalue weighted by Crippen LogP contribution is 2.31. The highest BCUT2D eigenvalue weighted by molar-refractivity contribution is 5.79. The van der Waals surface area contributed by atoms with E-state index >= 15 is 0 Å². The fraction of sp³-hybridized carbons (Fsp3) is 0.750. The number of nitrogens with one attached hydrogen (secondary N) is 2. The molecule has 0 aliphatic carbocycles. The molecule has 2 unspecified atom stereocenters. The molecule has 1 aliphatic rings. The Balaban J connectivity index is 2.61. The second kappa shape index (κ2) is 12.1. The minimum atomic E-state index is 0.00152. The molecule has 3 N–H and O–H groups in total. The van der Waals surface area contributed by atoms with E-state index in [0.29, 0.717) is 18.6 Å². The lowest BCUT2D eigenvalue weighted by Gasteiger charge is -2.34. The SMILES string of the molecule is C=CCN(CC=C)C(CNC(=NC)NCC1(CCO)CCOC1)C(C)C. The highest BCUT2D eigenvalue weighted by Gasteiger charge is 2.34. The summed E-state index contributed by atoms with van der Waals surface area (Å²) in [6, 6.07) is 0.353. The van der Waals surface area contributed by atoms with E-state index in [1.807, 2.05) is 12.2 Å². The van der Waals surface area contributed by atoms with Crippen molar-refractivity contribution in [2.75, 3.05) is 53.0 Å². The van der Waals surface area contributed by atoms with Gasteiger partial charge in [0.25, 0.3) is 0 Å². The lowest BCUT2D eigenvalue weighted by Crippen LogP contribution is -2.51. The van der Waals surface area contributed by atoms with Crippen LogP contribution in [0.25, 0.3) is 0 Å². The van der Waals surface area contributed by atoms with Crippen LogP contribution in [0.1, 0.15) is 26.7 Å². The quantitative estimate of drug-likeness (QED) is 0.278. The van der Waals surface area contributed by atoms with Crippen LogP contribution >= 0.6 is 0 Å². The van der Waals surface area contributed by atoms with Gasteiger partial charge < -0.3 is 20.5 Å². The van der Waals surface area contributed by atoms with E-state index in [1.54, 1.807) is 7.05 Å². The van der Waals surface area contributed by atoms with Gasteiger partial charge in [0.05, 0.1) is 6.61 Å². The molecule has 150 valence electrons. The largest absolute Gasteiger partial charge is 0.396 e. The van der Waals surface area contributed by atoms with E-state index < -0.39 is 0 Å². The van der Waals surface area contributed by atoms with Crippen LogP contribution in [0.2, 0.25) is 0 Å². The van der Waals surface area contributed by atoms with Crippen LogP contribution in [0, 0.1) is 11.3 Å². The van der Waals surface area contributed by atoms with Crippen LogP contribution < -0.4 is 10.6 Å². The van der Waals surface area contributed by atoms with Gasteiger partial charge in [-0.3, -0.25) is 9.89 Å². The molecule has 26 heavy (non-hydrogen) atoms. The van der Waals surface area contributed by atoms with E-state index in [0.717, 1.165) is 51.6 Å². The molecular weight excluding hydrogens is 328 g/mol. The van der Waals surface area contributed by atoms with Gasteiger partial charge in [-0.1, -0.05) is 26.0 Å². The first-order chi connectivity index (χ1) is 12.5. The number of hydrogen-bond acceptors (Lipinski definition) is 4. The fourth-order valence-electron chi connectivity index (χ4n) is 3.47. The van der Waals surface area contributed by atoms with Gasteiger partial charge >= 0.3 is 0 Å². The minimum Gasteiger partial charge on any atom is -0.396 e. The Labute approximate surface area is 159 Å². The van der Waals surface area contributed by atoms with Crippen molar-refractivity contribution in [3.63, 3.8) is 0 Å². The number of aliphatic imine (C=N–C) groups is 1. The Kier molecular flexibility index (Phi) is 10.5. The predicted molar refractivity (Wildman–Crippen MR) is 110 cm³/mol. The van der Waals surface area contributed by atoms with E-state index in [9.17, 15) is 5.11 Å². The number of aliphatic hydroxyl groups is 1. The Morgan fingerprint density at radius 3 is 2.46 bits per heavy atom. The van der Waals surface area contributed by atoms with Gasteiger partial charge in [0, 0.05) is 57.9 Å². The molecule has 0 aromatic heterocycles. The summed E-state index contributed by atoms with van der Waals surface area (Å²) in [5.74, 6) is 1.28. The summed E-state index contributed by atoms with van der Waals surface area (Å²) < 4.78 is 5.56. The molecule has 0 radical (unpaired) electrons. The summed E-state index contributed by atoms with van der Waals surface area (Å²) in [4.78, 5) is 6.72. The van der Waals surface area contributed by atoms with Crippen LogP contribution in [0.15, 0.2) is 30.3 Å². The molecule has 1 aliphatic heterocycles. The van der Waals surface area contributed by atoms with Gasteiger partial charge in [-0.25, -0.2) is 0 Å². The molecule has 2 atom stereocenters. The Bertz CT molecular complexity index is 435. The number of rotatable bonds is 12. The van der Waals surface area contributed by atoms with Crippen molar-refractivity contribution in [2.24, 2.45) is 16.3 Å². The van der Waals surface area contributed by atoms with E-state index in [4.69, 9.17) is 4.74 Å². The maximum absolute atomic E-state index is 9.36. The zero-order valence-electron chi connectivity index (χ0n) is 16.8. The molecular formula is C20H38N4O2. The van der Waals surface area contributed by atoms with Crippen LogP contribution in [0.5, 0.6) is 0 Å². The van der Waals surface area contributed by atoms with Crippen LogP contribution in [-0.2, 0) is 4.74 Å². The number of nitrogens with zero attached hydrogens (tertiary/aromatic N) is 2. The van der Waals surface area contributed by atoms with Crippen molar-refractivity contribution in [1.82, 2.24) is 15.5 Å².